The molecule has 1 nitrogen and oxygen atoms in total. The van der Waals surface area contributed by atoms with Crippen LogP contribution in [-0.2, 0) is 6.42 Å². The molecule has 2 atom stereocenters. The number of hydrogen-bond donors (Lipinski definition) is 1. The van der Waals surface area contributed by atoms with Crippen molar-refractivity contribution < 1.29 is 8.78 Å². The zero-order chi connectivity index (χ0) is 13.5. The minimum atomic E-state index is -0.371. The van der Waals surface area contributed by atoms with Gasteiger partial charge in [0, 0.05) is 6.04 Å². The van der Waals surface area contributed by atoms with Crippen LogP contribution in [0, 0.1) is 17.6 Å². The highest BCUT2D eigenvalue weighted by atomic mass is 19.1. The van der Waals surface area contributed by atoms with Crippen molar-refractivity contribution in [2.24, 2.45) is 5.92 Å². The van der Waals surface area contributed by atoms with E-state index in [1.165, 1.54) is 12.1 Å². The Labute approximate surface area is 109 Å². The Morgan fingerprint density at radius 3 is 2.56 bits per heavy atom. The summed E-state index contributed by atoms with van der Waals surface area (Å²) in [7, 11) is 0. The molecule has 3 heteroatoms. The Morgan fingerprint density at radius 2 is 1.94 bits per heavy atom. The van der Waals surface area contributed by atoms with E-state index in [0.29, 0.717) is 17.9 Å². The van der Waals surface area contributed by atoms with Crippen LogP contribution < -0.4 is 5.32 Å². The highest BCUT2D eigenvalue weighted by Crippen LogP contribution is 2.17. The first-order valence-electron chi connectivity index (χ1n) is 6.75. The van der Waals surface area contributed by atoms with Gasteiger partial charge in [-0.25, -0.2) is 8.78 Å². The van der Waals surface area contributed by atoms with E-state index in [0.717, 1.165) is 25.5 Å². The molecule has 18 heavy (non-hydrogen) atoms. The van der Waals surface area contributed by atoms with Gasteiger partial charge in [0.05, 0.1) is 0 Å². The zero-order valence-electron chi connectivity index (χ0n) is 11.5. The van der Waals surface area contributed by atoms with Crippen molar-refractivity contribution in [3.05, 3.63) is 35.4 Å². The first-order valence-corrected chi connectivity index (χ1v) is 6.75. The number of hydrogen-bond acceptors (Lipinski definition) is 1. The lowest BCUT2D eigenvalue weighted by atomic mass is 9.92. The van der Waals surface area contributed by atoms with E-state index in [2.05, 4.69) is 26.1 Å². The summed E-state index contributed by atoms with van der Waals surface area (Å²) in [5, 5.41) is 3.43. The van der Waals surface area contributed by atoms with Crippen LogP contribution >= 0.6 is 0 Å². The van der Waals surface area contributed by atoms with Crippen LogP contribution in [0.5, 0.6) is 0 Å². The summed E-state index contributed by atoms with van der Waals surface area (Å²) in [6.07, 6.45) is 2.61. The summed E-state index contributed by atoms with van der Waals surface area (Å²) in [6, 6.07) is 3.87. The van der Waals surface area contributed by atoms with Gasteiger partial charge in [-0.3, -0.25) is 0 Å². The number of benzene rings is 1. The third-order valence-electron chi connectivity index (χ3n) is 3.43. The summed E-state index contributed by atoms with van der Waals surface area (Å²) in [6.45, 7) is 7.27. The maximum Gasteiger partial charge on any atom is 0.126 e. The highest BCUT2D eigenvalue weighted by Gasteiger charge is 2.17. The molecule has 0 fully saturated rings. The van der Waals surface area contributed by atoms with E-state index in [1.54, 1.807) is 0 Å². The van der Waals surface area contributed by atoms with Gasteiger partial charge >= 0.3 is 0 Å². The molecule has 1 N–H and O–H groups in total. The number of nitrogens with one attached hydrogen (secondary N) is 1. The lowest BCUT2D eigenvalue weighted by Crippen LogP contribution is -2.37. The van der Waals surface area contributed by atoms with Crippen LogP contribution in [-0.4, -0.2) is 12.6 Å². The lowest BCUT2D eigenvalue weighted by molar-refractivity contribution is 0.361. The van der Waals surface area contributed by atoms with E-state index in [-0.39, 0.29) is 17.7 Å². The largest absolute Gasteiger partial charge is 0.313 e. The fraction of sp³-hybridized carbons (Fsp3) is 0.600. The second-order valence-corrected chi connectivity index (χ2v) is 4.89. The molecular formula is C15H23F2N. The van der Waals surface area contributed by atoms with Crippen molar-refractivity contribution >= 4 is 0 Å². The molecule has 0 saturated heterocycles. The molecule has 0 aliphatic rings. The van der Waals surface area contributed by atoms with Gasteiger partial charge in [-0.1, -0.05) is 27.2 Å². The number of halogens is 2. The van der Waals surface area contributed by atoms with Crippen molar-refractivity contribution in [3.8, 4) is 0 Å². The first-order chi connectivity index (χ1) is 8.58. The van der Waals surface area contributed by atoms with E-state index in [4.69, 9.17) is 0 Å². The van der Waals surface area contributed by atoms with Gasteiger partial charge in [0.15, 0.2) is 0 Å². The molecule has 0 aliphatic carbocycles. The van der Waals surface area contributed by atoms with Gasteiger partial charge in [0.1, 0.15) is 11.6 Å². The molecule has 0 heterocycles. The Balaban J connectivity index is 2.77. The molecule has 1 aromatic carbocycles. The maximum atomic E-state index is 13.6. The monoisotopic (exact) mass is 255 g/mol. The van der Waals surface area contributed by atoms with Gasteiger partial charge in [0.25, 0.3) is 0 Å². The Kier molecular flexibility index (Phi) is 6.27. The lowest BCUT2D eigenvalue weighted by Gasteiger charge is -2.24. The van der Waals surface area contributed by atoms with E-state index < -0.39 is 0 Å². The average molecular weight is 255 g/mol. The summed E-state index contributed by atoms with van der Waals surface area (Å²) >= 11 is 0. The third-order valence-corrected chi connectivity index (χ3v) is 3.43. The molecule has 0 aliphatic heterocycles. The maximum absolute atomic E-state index is 13.6. The summed E-state index contributed by atoms with van der Waals surface area (Å²) in [5.74, 6) is -0.244. The molecule has 1 rings (SSSR count). The van der Waals surface area contributed by atoms with Crippen molar-refractivity contribution in [2.75, 3.05) is 6.54 Å². The summed E-state index contributed by atoms with van der Waals surface area (Å²) < 4.78 is 26.8. The second kappa shape index (κ2) is 7.47. The molecule has 2 unspecified atom stereocenters. The Morgan fingerprint density at radius 1 is 1.22 bits per heavy atom. The van der Waals surface area contributed by atoms with Gasteiger partial charge in [0.2, 0.25) is 0 Å². The predicted octanol–water partition coefficient (Wildman–Crippen LogP) is 3.92. The minimum Gasteiger partial charge on any atom is -0.313 e. The minimum absolute atomic E-state index is 0.200. The van der Waals surface area contributed by atoms with Gasteiger partial charge < -0.3 is 5.32 Å². The van der Waals surface area contributed by atoms with Crippen LogP contribution in [0.3, 0.4) is 0 Å². The van der Waals surface area contributed by atoms with Crippen LogP contribution in [0.25, 0.3) is 0 Å². The fourth-order valence-corrected chi connectivity index (χ4v) is 2.03. The normalized spacial score (nSPS) is 14.5. The van der Waals surface area contributed by atoms with Crippen LogP contribution in [0.15, 0.2) is 18.2 Å². The average Bonchev–Trinajstić information content (AvgIpc) is 2.37. The summed E-state index contributed by atoms with van der Waals surface area (Å²) in [5.41, 5.74) is 0.462. The predicted molar refractivity (Wildman–Crippen MR) is 71.6 cm³/mol. The van der Waals surface area contributed by atoms with Crippen LogP contribution in [0.1, 0.15) is 39.2 Å². The van der Waals surface area contributed by atoms with Crippen molar-refractivity contribution in [3.63, 3.8) is 0 Å². The fourth-order valence-electron chi connectivity index (χ4n) is 2.03. The van der Waals surface area contributed by atoms with E-state index >= 15 is 0 Å². The summed E-state index contributed by atoms with van der Waals surface area (Å²) in [4.78, 5) is 0. The second-order valence-electron chi connectivity index (χ2n) is 4.89. The Hall–Kier alpha value is -0.960. The molecular weight excluding hydrogens is 232 g/mol. The molecule has 0 bridgehead atoms. The number of rotatable bonds is 7. The standard InChI is InChI=1S/C15H23F2N/c1-4-8-18-15(11(3)5-2)10-12-9-13(16)6-7-14(12)17/h6-7,9,11,15,18H,4-5,8,10H2,1-3H3. The van der Waals surface area contributed by atoms with Gasteiger partial charge in [-0.2, -0.15) is 0 Å². The van der Waals surface area contributed by atoms with Crippen molar-refractivity contribution in [1.82, 2.24) is 5.32 Å². The van der Waals surface area contributed by atoms with Gasteiger partial charge in [-0.15, -0.1) is 0 Å². The zero-order valence-corrected chi connectivity index (χ0v) is 11.5. The molecule has 0 spiro atoms. The smallest absolute Gasteiger partial charge is 0.126 e. The third kappa shape index (κ3) is 4.37. The van der Waals surface area contributed by atoms with Gasteiger partial charge in [-0.05, 0) is 49.1 Å². The van der Waals surface area contributed by atoms with Crippen molar-refractivity contribution in [1.29, 1.82) is 0 Å². The van der Waals surface area contributed by atoms with Crippen LogP contribution in [0.4, 0.5) is 8.78 Å². The van der Waals surface area contributed by atoms with Crippen LogP contribution in [0.2, 0.25) is 0 Å². The molecule has 1 aromatic rings. The van der Waals surface area contributed by atoms with E-state index in [9.17, 15) is 8.78 Å². The Bertz CT molecular complexity index is 366. The first kappa shape index (κ1) is 15.1. The molecule has 0 saturated carbocycles. The molecule has 0 radical (unpaired) electrons. The SMILES string of the molecule is CCCNC(Cc1cc(F)ccc1F)C(C)CC. The topological polar surface area (TPSA) is 12.0 Å². The van der Waals surface area contributed by atoms with E-state index in [1.807, 2.05) is 0 Å². The quantitative estimate of drug-likeness (QED) is 0.778. The molecule has 0 aromatic heterocycles. The highest BCUT2D eigenvalue weighted by molar-refractivity contribution is 5.20. The van der Waals surface area contributed by atoms with Crippen molar-refractivity contribution in [2.45, 2.75) is 46.1 Å². The molecule has 102 valence electrons. The molecule has 0 amide bonds.